The Morgan fingerprint density at radius 2 is 1.11 bits per heavy atom. The van der Waals surface area contributed by atoms with Crippen LogP contribution in [0.3, 0.4) is 0 Å². The van der Waals surface area contributed by atoms with Gasteiger partial charge in [-0.25, -0.2) is 16.8 Å². The van der Waals surface area contributed by atoms with E-state index in [1.165, 1.54) is 36.7 Å². The Hall–Kier alpha value is -0.698. The first-order valence-electron chi connectivity index (χ1n) is 4.40. The van der Waals surface area contributed by atoms with Crippen molar-refractivity contribution in [1.29, 1.82) is 0 Å². The van der Waals surface area contributed by atoms with Crippen LogP contribution in [0.25, 0.3) is 0 Å². The number of hydrogen-bond donors (Lipinski definition) is 2. The third-order valence-corrected chi connectivity index (χ3v) is 3.26. The van der Waals surface area contributed by atoms with Crippen LogP contribution in [-0.2, 0) is 47.5 Å². The zero-order chi connectivity index (χ0) is 13.8. The van der Waals surface area contributed by atoms with Gasteiger partial charge in [-0.15, -0.1) is 0 Å². The standard InChI is InChI=1S/2C4H5NO3S.Cd/c2*6-9(7,8)4-2-1-3-5-4;/h2*1-3,5H,(H,6,7,8);/q;;+2/p-2. The van der Waals surface area contributed by atoms with Gasteiger partial charge in [0.15, 0.2) is 0 Å². The van der Waals surface area contributed by atoms with Crippen molar-refractivity contribution in [2.45, 2.75) is 10.1 Å². The molecule has 0 saturated heterocycles. The number of hydrogen-bond acceptors (Lipinski definition) is 6. The molecule has 0 saturated carbocycles. The van der Waals surface area contributed by atoms with E-state index in [0.717, 1.165) is 0 Å². The Labute approximate surface area is 129 Å². The molecule has 0 aromatic carbocycles. The van der Waals surface area contributed by atoms with E-state index in [1.54, 1.807) is 0 Å². The maximum Gasteiger partial charge on any atom is 2.00 e. The molecule has 2 aromatic heterocycles. The van der Waals surface area contributed by atoms with Crippen LogP contribution in [-0.4, -0.2) is 35.9 Å². The van der Waals surface area contributed by atoms with Crippen LogP contribution in [0, 0.1) is 0 Å². The third-order valence-electron chi connectivity index (χ3n) is 1.68. The number of aromatic amines is 2. The molecule has 0 atom stereocenters. The molecule has 0 aliphatic carbocycles. The fraction of sp³-hybridized carbons (Fsp3) is 0. The molecule has 0 fully saturated rings. The fourth-order valence-corrected chi connectivity index (χ4v) is 1.85. The van der Waals surface area contributed by atoms with Crippen molar-refractivity contribution in [3.05, 3.63) is 36.7 Å². The van der Waals surface area contributed by atoms with E-state index in [1.807, 2.05) is 0 Å². The van der Waals surface area contributed by atoms with Crippen LogP contribution < -0.4 is 0 Å². The molecule has 0 unspecified atom stereocenters. The van der Waals surface area contributed by atoms with Crippen LogP contribution in [0.15, 0.2) is 46.7 Å². The molecule has 0 amide bonds. The molecule has 0 bridgehead atoms. The summed E-state index contributed by atoms with van der Waals surface area (Å²) in [7, 11) is -8.53. The first-order valence-corrected chi connectivity index (χ1v) is 7.21. The molecule has 100 valence electrons. The van der Waals surface area contributed by atoms with Gasteiger partial charge in [-0.05, 0) is 24.3 Å². The Morgan fingerprint density at radius 1 is 0.789 bits per heavy atom. The van der Waals surface area contributed by atoms with E-state index in [2.05, 4.69) is 9.97 Å². The van der Waals surface area contributed by atoms with Crippen LogP contribution in [0.5, 0.6) is 0 Å². The van der Waals surface area contributed by atoms with Crippen molar-refractivity contribution >= 4 is 20.2 Å². The Balaban J connectivity index is 0.000000324. The molecule has 11 heteroatoms. The zero-order valence-corrected chi connectivity index (χ0v) is 15.1. The summed E-state index contributed by atoms with van der Waals surface area (Å²) in [6, 6.07) is 5.32. The first-order chi connectivity index (χ1) is 8.21. The van der Waals surface area contributed by atoms with E-state index in [-0.39, 0.29) is 37.4 Å². The summed E-state index contributed by atoms with van der Waals surface area (Å²) in [6.45, 7) is 0. The molecule has 0 aliphatic heterocycles. The van der Waals surface area contributed by atoms with E-state index in [4.69, 9.17) is 0 Å². The van der Waals surface area contributed by atoms with Gasteiger partial charge in [0.2, 0.25) is 0 Å². The quantitative estimate of drug-likeness (QED) is 0.525. The second-order valence-corrected chi connectivity index (χ2v) is 5.67. The zero-order valence-electron chi connectivity index (χ0n) is 9.44. The molecule has 0 aliphatic rings. The molecule has 2 heterocycles. The molecule has 2 aromatic rings. The summed E-state index contributed by atoms with van der Waals surface area (Å²) in [5, 5.41) is -0.579. The largest absolute Gasteiger partial charge is 2.00 e. The summed E-state index contributed by atoms with van der Waals surface area (Å²) >= 11 is 0. The third kappa shape index (κ3) is 6.33. The molecule has 8 nitrogen and oxygen atoms in total. The smallest absolute Gasteiger partial charge is 0.743 e. The normalized spacial score (nSPS) is 11.1. The van der Waals surface area contributed by atoms with Crippen molar-refractivity contribution in [2.24, 2.45) is 0 Å². The molecular formula is C8H8CdN2O6S2. The van der Waals surface area contributed by atoms with Gasteiger partial charge >= 0.3 is 27.3 Å². The van der Waals surface area contributed by atoms with Crippen molar-refractivity contribution in [3.63, 3.8) is 0 Å². The predicted molar refractivity (Wildman–Crippen MR) is 57.5 cm³/mol. The molecule has 19 heavy (non-hydrogen) atoms. The number of H-pyrrole nitrogens is 2. The summed E-state index contributed by atoms with van der Waals surface area (Å²) in [6.07, 6.45) is 2.76. The van der Waals surface area contributed by atoms with Crippen LogP contribution in [0.2, 0.25) is 0 Å². The summed E-state index contributed by atoms with van der Waals surface area (Å²) in [5.41, 5.74) is 0. The summed E-state index contributed by atoms with van der Waals surface area (Å²) in [5.74, 6) is 0. The molecule has 0 spiro atoms. The van der Waals surface area contributed by atoms with Crippen molar-refractivity contribution in [1.82, 2.24) is 9.97 Å². The summed E-state index contributed by atoms with van der Waals surface area (Å²) < 4.78 is 60.6. The average molecular weight is 405 g/mol. The van der Waals surface area contributed by atoms with E-state index < -0.39 is 20.2 Å². The van der Waals surface area contributed by atoms with Gasteiger partial charge in [-0.3, -0.25) is 0 Å². The van der Waals surface area contributed by atoms with Crippen molar-refractivity contribution in [2.75, 3.05) is 0 Å². The molecular weight excluding hydrogens is 397 g/mol. The predicted octanol–water partition coefficient (Wildman–Crippen LogP) is -0.165. The van der Waals surface area contributed by atoms with Gasteiger partial charge in [0, 0.05) is 12.4 Å². The van der Waals surface area contributed by atoms with Gasteiger partial charge < -0.3 is 19.1 Å². The minimum Gasteiger partial charge on any atom is -0.743 e. The Bertz CT molecular complexity index is 613. The number of nitrogens with one attached hydrogen (secondary N) is 2. The van der Waals surface area contributed by atoms with Crippen LogP contribution in [0.1, 0.15) is 0 Å². The minimum absolute atomic E-state index is 0. The monoisotopic (exact) mass is 406 g/mol. The average Bonchev–Trinajstić information content (AvgIpc) is 2.91. The Morgan fingerprint density at radius 3 is 1.21 bits per heavy atom. The number of aromatic nitrogens is 2. The minimum atomic E-state index is -4.27. The van der Waals surface area contributed by atoms with Crippen molar-refractivity contribution < 1.29 is 53.2 Å². The van der Waals surface area contributed by atoms with Gasteiger partial charge in [0.1, 0.15) is 30.3 Å². The van der Waals surface area contributed by atoms with E-state index >= 15 is 0 Å². The molecule has 2 N–H and O–H groups in total. The van der Waals surface area contributed by atoms with E-state index in [0.29, 0.717) is 0 Å². The van der Waals surface area contributed by atoms with Crippen LogP contribution in [0.4, 0.5) is 0 Å². The fourth-order valence-electron chi connectivity index (χ4n) is 0.939. The second kappa shape index (κ2) is 7.18. The van der Waals surface area contributed by atoms with E-state index in [9.17, 15) is 25.9 Å². The van der Waals surface area contributed by atoms with Gasteiger partial charge in [-0.1, -0.05) is 0 Å². The first kappa shape index (κ1) is 18.3. The molecule has 2 rings (SSSR count). The summed E-state index contributed by atoms with van der Waals surface area (Å²) in [4.78, 5) is 4.55. The maximum atomic E-state index is 10.1. The molecule has 0 radical (unpaired) electrons. The number of rotatable bonds is 2. The van der Waals surface area contributed by atoms with Gasteiger partial charge in [0.25, 0.3) is 0 Å². The SMILES string of the molecule is O=S(=O)([O-])c1ccc[nH]1.O=S(=O)([O-])c1ccc[nH]1.[Cd+2]. The topological polar surface area (TPSA) is 146 Å². The second-order valence-electron chi connectivity index (χ2n) is 2.98. The van der Waals surface area contributed by atoms with Gasteiger partial charge in [-0.2, -0.15) is 0 Å². The maximum absolute atomic E-state index is 10.1. The Kier molecular flexibility index (Phi) is 6.92. The van der Waals surface area contributed by atoms with Crippen LogP contribution >= 0.6 is 0 Å². The van der Waals surface area contributed by atoms with Crippen molar-refractivity contribution in [3.8, 4) is 0 Å². The van der Waals surface area contributed by atoms with Gasteiger partial charge in [0.05, 0.1) is 0 Å².